The number of benzene rings is 3. The van der Waals surface area contributed by atoms with Gasteiger partial charge in [0.05, 0.1) is 7.11 Å². The predicted octanol–water partition coefficient (Wildman–Crippen LogP) is 6.08. The van der Waals surface area contributed by atoms with Gasteiger partial charge in [0.1, 0.15) is 11.8 Å². The molecule has 1 atom stereocenters. The van der Waals surface area contributed by atoms with Crippen LogP contribution < -0.4 is 10.1 Å². The zero-order valence-corrected chi connectivity index (χ0v) is 21.9. The van der Waals surface area contributed by atoms with Crippen molar-refractivity contribution >= 4 is 11.8 Å². The van der Waals surface area contributed by atoms with Gasteiger partial charge in [0, 0.05) is 24.9 Å². The van der Waals surface area contributed by atoms with E-state index in [-0.39, 0.29) is 30.2 Å². The molecule has 1 aliphatic rings. The second-order valence-electron chi connectivity index (χ2n) is 9.87. The molecule has 0 spiro atoms. The highest BCUT2D eigenvalue weighted by molar-refractivity contribution is 5.88. The van der Waals surface area contributed by atoms with Crippen LogP contribution in [0, 0.1) is 0 Å². The summed E-state index contributed by atoms with van der Waals surface area (Å²) in [4.78, 5) is 29.4. The van der Waals surface area contributed by atoms with Gasteiger partial charge in [-0.1, -0.05) is 92.6 Å². The van der Waals surface area contributed by atoms with Crippen LogP contribution >= 0.6 is 0 Å². The summed E-state index contributed by atoms with van der Waals surface area (Å²) in [5.74, 6) is 0.550. The molecule has 2 amide bonds. The average Bonchev–Trinajstić information content (AvgIpc) is 3.45. The molecule has 37 heavy (non-hydrogen) atoms. The number of hydrogen-bond acceptors (Lipinski definition) is 3. The van der Waals surface area contributed by atoms with Gasteiger partial charge in [-0.3, -0.25) is 9.59 Å². The molecule has 1 aliphatic carbocycles. The molecule has 5 nitrogen and oxygen atoms in total. The van der Waals surface area contributed by atoms with Crippen molar-refractivity contribution in [2.75, 3.05) is 7.11 Å². The first-order valence-corrected chi connectivity index (χ1v) is 13.4. The monoisotopic (exact) mass is 498 g/mol. The first-order valence-electron chi connectivity index (χ1n) is 13.4. The fourth-order valence-electron chi connectivity index (χ4n) is 5.35. The van der Waals surface area contributed by atoms with Gasteiger partial charge in [0.2, 0.25) is 11.8 Å². The second kappa shape index (κ2) is 13.1. The Hall–Kier alpha value is -3.60. The van der Waals surface area contributed by atoms with Crippen molar-refractivity contribution < 1.29 is 14.3 Å². The van der Waals surface area contributed by atoms with Crippen LogP contribution in [0.4, 0.5) is 0 Å². The maximum atomic E-state index is 14.1. The minimum Gasteiger partial charge on any atom is -0.497 e. The van der Waals surface area contributed by atoms with Crippen LogP contribution in [0.2, 0.25) is 0 Å². The molecule has 1 saturated carbocycles. The van der Waals surface area contributed by atoms with E-state index in [9.17, 15) is 9.59 Å². The van der Waals surface area contributed by atoms with E-state index < -0.39 is 6.04 Å². The van der Waals surface area contributed by atoms with Crippen LogP contribution in [-0.4, -0.2) is 35.9 Å². The number of nitrogens with zero attached hydrogens (tertiary/aromatic N) is 1. The minimum absolute atomic E-state index is 0.0334. The summed E-state index contributed by atoms with van der Waals surface area (Å²) in [7, 11) is 1.64. The molecule has 0 radical (unpaired) electrons. The van der Waals surface area contributed by atoms with Crippen LogP contribution in [0.3, 0.4) is 0 Å². The van der Waals surface area contributed by atoms with E-state index in [0.29, 0.717) is 13.0 Å². The number of carbonyl (C=O) groups is 2. The molecule has 0 saturated heterocycles. The second-order valence-corrected chi connectivity index (χ2v) is 9.87. The lowest BCUT2D eigenvalue weighted by molar-refractivity contribution is -0.141. The summed E-state index contributed by atoms with van der Waals surface area (Å²) in [6.07, 6.45) is 5.14. The Labute approximate surface area is 220 Å². The Balaban J connectivity index is 1.64. The number of rotatable bonds is 11. The van der Waals surface area contributed by atoms with Gasteiger partial charge in [-0.2, -0.15) is 0 Å². The standard InChI is InChI=1S/C32H38N2O3/c1-3-30(32(36)33-27-18-10-11-19-27)34(23-24-13-12-20-28(21-24)37-2)31(35)22-29(25-14-6-4-7-15-25)26-16-8-5-9-17-26/h4-9,12-17,20-21,27,29-30H,3,10-11,18-19,22-23H2,1-2H3,(H,33,36). The van der Waals surface area contributed by atoms with Gasteiger partial charge < -0.3 is 15.0 Å². The van der Waals surface area contributed by atoms with Crippen LogP contribution in [0.5, 0.6) is 5.75 Å². The molecule has 5 heteroatoms. The molecule has 0 aromatic heterocycles. The van der Waals surface area contributed by atoms with Crippen LogP contribution in [0.1, 0.15) is 68.1 Å². The summed E-state index contributed by atoms with van der Waals surface area (Å²) in [5.41, 5.74) is 3.12. The number of amides is 2. The fraction of sp³-hybridized carbons (Fsp3) is 0.375. The minimum atomic E-state index is -0.536. The van der Waals surface area contributed by atoms with Gasteiger partial charge in [0.15, 0.2) is 0 Å². The lowest BCUT2D eigenvalue weighted by Gasteiger charge is -2.33. The SMILES string of the molecule is CCC(C(=O)NC1CCCC1)N(Cc1cccc(OC)c1)C(=O)CC(c1ccccc1)c1ccccc1. The molecule has 0 bridgehead atoms. The zero-order valence-electron chi connectivity index (χ0n) is 21.9. The molecular formula is C32H38N2O3. The van der Waals surface area contributed by atoms with E-state index in [1.165, 1.54) is 0 Å². The Morgan fingerprint density at radius 3 is 2.11 bits per heavy atom. The largest absolute Gasteiger partial charge is 0.497 e. The van der Waals surface area contributed by atoms with Crippen molar-refractivity contribution in [3.8, 4) is 5.75 Å². The van der Waals surface area contributed by atoms with E-state index in [0.717, 1.165) is 48.1 Å². The lowest BCUT2D eigenvalue weighted by Crippen LogP contribution is -2.51. The van der Waals surface area contributed by atoms with Crippen LogP contribution in [0.15, 0.2) is 84.9 Å². The summed E-state index contributed by atoms with van der Waals surface area (Å²) < 4.78 is 5.42. The van der Waals surface area contributed by atoms with Crippen molar-refractivity contribution in [3.05, 3.63) is 102 Å². The average molecular weight is 499 g/mol. The maximum absolute atomic E-state index is 14.1. The molecule has 1 unspecified atom stereocenters. The first-order chi connectivity index (χ1) is 18.1. The third kappa shape index (κ3) is 7.00. The maximum Gasteiger partial charge on any atom is 0.243 e. The Morgan fingerprint density at radius 1 is 0.919 bits per heavy atom. The van der Waals surface area contributed by atoms with Gasteiger partial charge in [-0.05, 0) is 48.1 Å². The molecule has 4 rings (SSSR count). The molecule has 1 fully saturated rings. The highest BCUT2D eigenvalue weighted by Crippen LogP contribution is 2.30. The van der Waals surface area contributed by atoms with Crippen LogP contribution in [-0.2, 0) is 16.1 Å². The van der Waals surface area contributed by atoms with Gasteiger partial charge in [-0.25, -0.2) is 0 Å². The van der Waals surface area contributed by atoms with Crippen molar-refractivity contribution in [1.82, 2.24) is 10.2 Å². The summed E-state index contributed by atoms with van der Waals surface area (Å²) in [6.45, 7) is 2.33. The summed E-state index contributed by atoms with van der Waals surface area (Å²) in [5, 5.41) is 3.23. The highest BCUT2D eigenvalue weighted by Gasteiger charge is 2.32. The quantitative estimate of drug-likeness (QED) is 0.348. The number of ether oxygens (including phenoxy) is 1. The van der Waals surface area contributed by atoms with Crippen LogP contribution in [0.25, 0.3) is 0 Å². The molecule has 0 aliphatic heterocycles. The van der Waals surface area contributed by atoms with Crippen molar-refractivity contribution in [2.24, 2.45) is 0 Å². The summed E-state index contributed by atoms with van der Waals surface area (Å²) in [6, 6.07) is 27.7. The smallest absolute Gasteiger partial charge is 0.243 e. The third-order valence-electron chi connectivity index (χ3n) is 7.36. The Morgan fingerprint density at radius 2 is 1.54 bits per heavy atom. The fourth-order valence-corrected chi connectivity index (χ4v) is 5.35. The Kier molecular flexibility index (Phi) is 9.36. The predicted molar refractivity (Wildman–Crippen MR) is 147 cm³/mol. The van der Waals surface area contributed by atoms with Gasteiger partial charge >= 0.3 is 0 Å². The molecule has 1 N–H and O–H groups in total. The molecule has 0 heterocycles. The summed E-state index contributed by atoms with van der Waals surface area (Å²) >= 11 is 0. The van der Waals surface area contributed by atoms with Crippen molar-refractivity contribution in [2.45, 2.75) is 70.0 Å². The zero-order chi connectivity index (χ0) is 26.0. The van der Waals surface area contributed by atoms with Gasteiger partial charge in [-0.15, -0.1) is 0 Å². The first kappa shape index (κ1) is 26.5. The van der Waals surface area contributed by atoms with Gasteiger partial charge in [0.25, 0.3) is 0 Å². The van der Waals surface area contributed by atoms with E-state index in [1.54, 1.807) is 12.0 Å². The topological polar surface area (TPSA) is 58.6 Å². The molecule has 3 aromatic rings. The third-order valence-corrected chi connectivity index (χ3v) is 7.36. The van der Waals surface area contributed by atoms with E-state index in [1.807, 2.05) is 67.6 Å². The number of nitrogens with one attached hydrogen (secondary N) is 1. The van der Waals surface area contributed by atoms with Crippen molar-refractivity contribution in [1.29, 1.82) is 0 Å². The number of hydrogen-bond donors (Lipinski definition) is 1. The lowest BCUT2D eigenvalue weighted by atomic mass is 9.88. The molecule has 194 valence electrons. The van der Waals surface area contributed by atoms with E-state index >= 15 is 0 Å². The Bertz CT molecular complexity index is 1100. The number of carbonyl (C=O) groups excluding carboxylic acids is 2. The molecule has 3 aromatic carbocycles. The highest BCUT2D eigenvalue weighted by atomic mass is 16.5. The van der Waals surface area contributed by atoms with Crippen molar-refractivity contribution in [3.63, 3.8) is 0 Å². The normalized spacial score (nSPS) is 14.4. The van der Waals surface area contributed by atoms with E-state index in [2.05, 4.69) is 29.6 Å². The van der Waals surface area contributed by atoms with E-state index in [4.69, 9.17) is 4.74 Å². The molecular weight excluding hydrogens is 460 g/mol. The number of methoxy groups -OCH3 is 1.